The van der Waals surface area contributed by atoms with E-state index in [9.17, 15) is 4.39 Å². The van der Waals surface area contributed by atoms with E-state index in [2.05, 4.69) is 19.2 Å². The van der Waals surface area contributed by atoms with Gasteiger partial charge >= 0.3 is 0 Å². The van der Waals surface area contributed by atoms with Crippen LogP contribution in [-0.2, 0) is 6.54 Å². The molecule has 0 bridgehead atoms. The van der Waals surface area contributed by atoms with Crippen LogP contribution in [0.3, 0.4) is 0 Å². The second-order valence-corrected chi connectivity index (χ2v) is 5.27. The molecule has 0 spiro atoms. The summed E-state index contributed by atoms with van der Waals surface area (Å²) in [5, 5.41) is 4.23. The lowest BCUT2D eigenvalue weighted by atomic mass is 10.1. The lowest BCUT2D eigenvalue weighted by molar-refractivity contribution is 0.481. The summed E-state index contributed by atoms with van der Waals surface area (Å²) in [5.74, 6) is 1.30. The van der Waals surface area contributed by atoms with Crippen LogP contribution in [0.25, 0.3) is 11.0 Å². The van der Waals surface area contributed by atoms with Crippen molar-refractivity contribution in [1.29, 1.82) is 0 Å². The molecule has 0 saturated heterocycles. The Morgan fingerprint density at radius 3 is 2.67 bits per heavy atom. The lowest BCUT2D eigenvalue weighted by Crippen LogP contribution is -2.18. The first-order chi connectivity index (χ1) is 8.49. The Morgan fingerprint density at radius 2 is 2.00 bits per heavy atom. The van der Waals surface area contributed by atoms with Crippen LogP contribution in [0.2, 0.25) is 0 Å². The third-order valence-corrected chi connectivity index (χ3v) is 3.13. The normalized spacial score (nSPS) is 11.7. The topological polar surface area (TPSA) is 25.2 Å². The second kappa shape index (κ2) is 5.11. The predicted octanol–water partition coefficient (Wildman–Crippen LogP) is 3.93. The van der Waals surface area contributed by atoms with Crippen LogP contribution in [0.4, 0.5) is 4.39 Å². The van der Waals surface area contributed by atoms with Crippen molar-refractivity contribution in [3.8, 4) is 0 Å². The highest BCUT2D eigenvalue weighted by Gasteiger charge is 2.13. The average molecular weight is 249 g/mol. The molecule has 0 aliphatic rings. The number of nitrogens with one attached hydrogen (secondary N) is 1. The van der Waals surface area contributed by atoms with E-state index >= 15 is 0 Å². The number of fused-ring (bicyclic) bond motifs is 1. The highest BCUT2D eigenvalue weighted by Crippen LogP contribution is 2.28. The maximum Gasteiger partial charge on any atom is 0.137 e. The molecule has 1 N–H and O–H groups in total. The molecule has 0 atom stereocenters. The van der Waals surface area contributed by atoms with Gasteiger partial charge in [0.25, 0.3) is 0 Å². The van der Waals surface area contributed by atoms with Gasteiger partial charge < -0.3 is 9.73 Å². The fourth-order valence-corrected chi connectivity index (χ4v) is 2.14. The summed E-state index contributed by atoms with van der Waals surface area (Å²) >= 11 is 0. The zero-order valence-electron chi connectivity index (χ0n) is 11.4. The first-order valence-electron chi connectivity index (χ1n) is 6.38. The van der Waals surface area contributed by atoms with Crippen LogP contribution in [-0.4, -0.2) is 6.54 Å². The van der Waals surface area contributed by atoms with Crippen molar-refractivity contribution in [3.63, 3.8) is 0 Å². The Kier molecular flexibility index (Phi) is 3.71. The van der Waals surface area contributed by atoms with Crippen molar-refractivity contribution < 1.29 is 8.81 Å². The molecule has 0 fully saturated rings. The molecule has 0 aliphatic carbocycles. The molecule has 2 rings (SSSR count). The van der Waals surface area contributed by atoms with E-state index in [1.165, 1.54) is 6.07 Å². The number of halogens is 1. The Bertz CT molecular complexity index is 557. The molecule has 0 saturated carbocycles. The van der Waals surface area contributed by atoms with E-state index in [1.807, 2.05) is 13.8 Å². The summed E-state index contributed by atoms with van der Waals surface area (Å²) in [6.45, 7) is 9.83. The molecule has 3 heteroatoms. The van der Waals surface area contributed by atoms with Crippen molar-refractivity contribution in [2.45, 2.75) is 34.2 Å². The minimum Gasteiger partial charge on any atom is -0.459 e. The SMILES string of the molecule is Cc1c(CNCC(C)C)oc2c(C)cc(F)cc12. The maximum atomic E-state index is 13.4. The molecule has 0 radical (unpaired) electrons. The lowest BCUT2D eigenvalue weighted by Gasteiger charge is -2.05. The summed E-state index contributed by atoms with van der Waals surface area (Å²) < 4.78 is 19.2. The number of hydrogen-bond acceptors (Lipinski definition) is 2. The van der Waals surface area contributed by atoms with Crippen molar-refractivity contribution in [1.82, 2.24) is 5.32 Å². The molecule has 1 heterocycles. The minimum absolute atomic E-state index is 0.203. The number of furan rings is 1. The van der Waals surface area contributed by atoms with Gasteiger partial charge in [0, 0.05) is 5.39 Å². The second-order valence-electron chi connectivity index (χ2n) is 5.27. The number of hydrogen-bond donors (Lipinski definition) is 1. The van der Waals surface area contributed by atoms with Gasteiger partial charge in [-0.2, -0.15) is 0 Å². The summed E-state index contributed by atoms with van der Waals surface area (Å²) in [6, 6.07) is 3.06. The van der Waals surface area contributed by atoms with Gasteiger partial charge in [-0.3, -0.25) is 0 Å². The van der Waals surface area contributed by atoms with E-state index < -0.39 is 0 Å². The van der Waals surface area contributed by atoms with Gasteiger partial charge in [0.1, 0.15) is 17.2 Å². The molecule has 1 aromatic carbocycles. The Labute approximate surface area is 107 Å². The summed E-state index contributed by atoms with van der Waals surface area (Å²) in [4.78, 5) is 0. The van der Waals surface area contributed by atoms with Crippen LogP contribution in [0, 0.1) is 25.6 Å². The van der Waals surface area contributed by atoms with Crippen LogP contribution in [0.1, 0.15) is 30.7 Å². The van der Waals surface area contributed by atoms with Gasteiger partial charge in [0.05, 0.1) is 6.54 Å². The standard InChI is InChI=1S/C15H20FNO/c1-9(2)7-17-8-14-11(4)13-6-12(16)5-10(3)15(13)18-14/h5-6,9,17H,7-8H2,1-4H3. The fraction of sp³-hybridized carbons (Fsp3) is 0.467. The molecule has 18 heavy (non-hydrogen) atoms. The Hall–Kier alpha value is -1.35. The van der Waals surface area contributed by atoms with Crippen LogP contribution < -0.4 is 5.32 Å². The first-order valence-corrected chi connectivity index (χ1v) is 6.38. The average Bonchev–Trinajstić information content (AvgIpc) is 2.57. The zero-order valence-corrected chi connectivity index (χ0v) is 11.4. The molecule has 0 unspecified atom stereocenters. The summed E-state index contributed by atoms with van der Waals surface area (Å²) in [6.07, 6.45) is 0. The Balaban J connectivity index is 2.30. The van der Waals surface area contributed by atoms with Crippen molar-refractivity contribution in [2.75, 3.05) is 6.54 Å². The van der Waals surface area contributed by atoms with E-state index in [0.717, 1.165) is 34.4 Å². The summed E-state index contributed by atoms with van der Waals surface area (Å²) in [7, 11) is 0. The van der Waals surface area contributed by atoms with E-state index in [1.54, 1.807) is 6.07 Å². The van der Waals surface area contributed by atoms with E-state index in [4.69, 9.17) is 4.42 Å². The maximum absolute atomic E-state index is 13.4. The van der Waals surface area contributed by atoms with Crippen LogP contribution in [0.5, 0.6) is 0 Å². The first kappa shape index (κ1) is 13.1. The molecule has 0 aliphatic heterocycles. The van der Waals surface area contributed by atoms with Crippen molar-refractivity contribution in [3.05, 3.63) is 34.8 Å². The van der Waals surface area contributed by atoms with Crippen molar-refractivity contribution in [2.24, 2.45) is 5.92 Å². The van der Waals surface area contributed by atoms with E-state index in [-0.39, 0.29) is 5.82 Å². The molecule has 2 aromatic rings. The van der Waals surface area contributed by atoms with Crippen LogP contribution >= 0.6 is 0 Å². The third kappa shape index (κ3) is 2.56. The monoisotopic (exact) mass is 249 g/mol. The smallest absolute Gasteiger partial charge is 0.137 e. The number of rotatable bonds is 4. The molecular formula is C15H20FNO. The summed E-state index contributed by atoms with van der Waals surface area (Å²) in [5.41, 5.74) is 2.68. The highest BCUT2D eigenvalue weighted by molar-refractivity contribution is 5.84. The Morgan fingerprint density at radius 1 is 1.28 bits per heavy atom. The molecule has 2 nitrogen and oxygen atoms in total. The van der Waals surface area contributed by atoms with Gasteiger partial charge in [-0.05, 0) is 49.6 Å². The van der Waals surface area contributed by atoms with E-state index in [0.29, 0.717) is 12.5 Å². The van der Waals surface area contributed by atoms with Crippen molar-refractivity contribution >= 4 is 11.0 Å². The highest BCUT2D eigenvalue weighted by atomic mass is 19.1. The molecular weight excluding hydrogens is 229 g/mol. The number of aryl methyl sites for hydroxylation is 2. The molecule has 0 amide bonds. The number of benzene rings is 1. The fourth-order valence-electron chi connectivity index (χ4n) is 2.14. The van der Waals surface area contributed by atoms with Gasteiger partial charge in [-0.15, -0.1) is 0 Å². The largest absolute Gasteiger partial charge is 0.459 e. The van der Waals surface area contributed by atoms with Gasteiger partial charge in [-0.1, -0.05) is 13.8 Å². The quantitative estimate of drug-likeness (QED) is 0.888. The van der Waals surface area contributed by atoms with Crippen LogP contribution in [0.15, 0.2) is 16.5 Å². The van der Waals surface area contributed by atoms with Gasteiger partial charge in [0.15, 0.2) is 0 Å². The van der Waals surface area contributed by atoms with Gasteiger partial charge in [0.2, 0.25) is 0 Å². The minimum atomic E-state index is -0.203. The predicted molar refractivity (Wildman–Crippen MR) is 72.2 cm³/mol. The third-order valence-electron chi connectivity index (χ3n) is 3.13. The molecule has 98 valence electrons. The zero-order chi connectivity index (χ0) is 13.3. The van der Waals surface area contributed by atoms with Gasteiger partial charge in [-0.25, -0.2) is 4.39 Å². The molecule has 1 aromatic heterocycles.